The van der Waals surface area contributed by atoms with E-state index >= 15 is 0 Å². The lowest BCUT2D eigenvalue weighted by Gasteiger charge is -2.23. The Kier molecular flexibility index (Phi) is 7.03. The average Bonchev–Trinajstić information content (AvgIpc) is 3.00. The van der Waals surface area contributed by atoms with Gasteiger partial charge < -0.3 is 9.80 Å². The molecule has 9 heteroatoms. The monoisotopic (exact) mass is 430 g/mol. The number of nitrogens with one attached hydrogen (secondary N) is 1. The second kappa shape index (κ2) is 9.69. The molecule has 1 amide bonds. The van der Waals surface area contributed by atoms with Crippen LogP contribution in [0.3, 0.4) is 0 Å². The van der Waals surface area contributed by atoms with Gasteiger partial charge in [-0.3, -0.25) is 4.79 Å². The van der Waals surface area contributed by atoms with E-state index in [0.717, 1.165) is 18.7 Å². The minimum atomic E-state index is -3.71. The van der Waals surface area contributed by atoms with Crippen molar-refractivity contribution >= 4 is 21.6 Å². The summed E-state index contributed by atoms with van der Waals surface area (Å²) in [6, 6.07) is 14.0. The van der Waals surface area contributed by atoms with Crippen molar-refractivity contribution in [3.8, 4) is 6.07 Å². The summed E-state index contributed by atoms with van der Waals surface area (Å²) in [7, 11) is -3.71. The molecule has 0 radical (unpaired) electrons. The maximum Gasteiger partial charge on any atom is 0.253 e. The van der Waals surface area contributed by atoms with Crippen molar-refractivity contribution in [2.24, 2.45) is 0 Å². The normalized spacial score (nSPS) is 14.8. The lowest BCUT2D eigenvalue weighted by atomic mass is 10.2. The molecule has 0 saturated carbocycles. The third kappa shape index (κ3) is 5.34. The van der Waals surface area contributed by atoms with Crippen LogP contribution in [0.15, 0.2) is 53.4 Å². The molecule has 30 heavy (non-hydrogen) atoms. The third-order valence-corrected chi connectivity index (χ3v) is 6.39. The van der Waals surface area contributed by atoms with Gasteiger partial charge >= 0.3 is 0 Å². The predicted octanol–water partition coefficient (Wildman–Crippen LogP) is 2.37. The fourth-order valence-electron chi connectivity index (χ4n) is 3.31. The second-order valence-corrected chi connectivity index (χ2v) is 8.71. The summed E-state index contributed by atoms with van der Waals surface area (Å²) >= 11 is 0. The molecule has 1 fully saturated rings. The molecule has 0 bridgehead atoms. The first-order valence-corrected chi connectivity index (χ1v) is 11.2. The molecule has 0 atom stereocenters. The van der Waals surface area contributed by atoms with Gasteiger partial charge in [0.1, 0.15) is 5.82 Å². The van der Waals surface area contributed by atoms with Crippen molar-refractivity contribution in [3.05, 3.63) is 59.9 Å². The van der Waals surface area contributed by atoms with Gasteiger partial charge in [-0.25, -0.2) is 17.5 Å². The zero-order valence-corrected chi connectivity index (χ0v) is 17.2. The molecular formula is C21H23FN4O3S. The van der Waals surface area contributed by atoms with Gasteiger partial charge in [0.25, 0.3) is 5.91 Å². The van der Waals surface area contributed by atoms with Crippen molar-refractivity contribution < 1.29 is 17.6 Å². The number of sulfonamides is 1. The summed E-state index contributed by atoms with van der Waals surface area (Å²) in [6.07, 6.45) is 0.859. The van der Waals surface area contributed by atoms with Crippen LogP contribution < -0.4 is 9.62 Å². The summed E-state index contributed by atoms with van der Waals surface area (Å²) in [5.74, 6) is -0.437. The first-order valence-electron chi connectivity index (χ1n) is 9.67. The summed E-state index contributed by atoms with van der Waals surface area (Å²) in [6.45, 7) is 2.55. The Labute approximate surface area is 175 Å². The first kappa shape index (κ1) is 21.7. The van der Waals surface area contributed by atoms with Crippen LogP contribution in [0.25, 0.3) is 0 Å². The largest absolute Gasteiger partial charge is 0.370 e. The maximum absolute atomic E-state index is 13.1. The average molecular weight is 431 g/mol. The van der Waals surface area contributed by atoms with Gasteiger partial charge in [-0.15, -0.1) is 0 Å². The van der Waals surface area contributed by atoms with Crippen LogP contribution in [0.4, 0.5) is 10.1 Å². The van der Waals surface area contributed by atoms with Crippen LogP contribution in [-0.2, 0) is 10.0 Å². The molecule has 2 aromatic carbocycles. The van der Waals surface area contributed by atoms with E-state index in [-0.39, 0.29) is 29.6 Å². The number of benzene rings is 2. The zero-order chi connectivity index (χ0) is 21.6. The van der Waals surface area contributed by atoms with E-state index in [2.05, 4.69) is 9.62 Å². The summed E-state index contributed by atoms with van der Waals surface area (Å²) < 4.78 is 39.9. The van der Waals surface area contributed by atoms with E-state index in [0.29, 0.717) is 25.2 Å². The van der Waals surface area contributed by atoms with Gasteiger partial charge in [-0.2, -0.15) is 5.26 Å². The fourth-order valence-corrected chi connectivity index (χ4v) is 4.35. The third-order valence-electron chi connectivity index (χ3n) is 4.92. The number of carbonyl (C=O) groups is 1. The van der Waals surface area contributed by atoms with Crippen LogP contribution in [0, 0.1) is 17.1 Å². The van der Waals surface area contributed by atoms with E-state index in [9.17, 15) is 17.6 Å². The molecule has 0 aromatic heterocycles. The minimum absolute atomic E-state index is 0.0395. The molecule has 7 nitrogen and oxygen atoms in total. The van der Waals surface area contributed by atoms with Crippen LogP contribution in [-0.4, -0.2) is 51.9 Å². The summed E-state index contributed by atoms with van der Waals surface area (Å²) in [5.41, 5.74) is 1.34. The van der Waals surface area contributed by atoms with E-state index in [1.165, 1.54) is 36.4 Å². The number of rotatable bonds is 6. The Bertz CT molecular complexity index is 1020. The number of amides is 1. The smallest absolute Gasteiger partial charge is 0.253 e. The van der Waals surface area contributed by atoms with Crippen molar-refractivity contribution in [1.29, 1.82) is 5.26 Å². The summed E-state index contributed by atoms with van der Waals surface area (Å²) in [4.78, 5) is 16.8. The van der Waals surface area contributed by atoms with E-state index in [4.69, 9.17) is 5.26 Å². The van der Waals surface area contributed by atoms with Crippen molar-refractivity contribution in [2.45, 2.75) is 17.7 Å². The highest BCUT2D eigenvalue weighted by atomic mass is 32.2. The standard InChI is InChI=1S/C21H23FN4O3S/c22-18-5-7-19(8-6-18)25-13-2-14-26(16-15-25)21(27)17-3-9-20(10-4-17)30(28,29)24-12-1-11-23/h3-10,24H,1-2,12-16H2. The maximum atomic E-state index is 13.1. The highest BCUT2D eigenvalue weighted by molar-refractivity contribution is 7.89. The fraction of sp³-hybridized carbons (Fsp3) is 0.333. The lowest BCUT2D eigenvalue weighted by Crippen LogP contribution is -2.35. The Hall–Kier alpha value is -2.96. The number of carbonyl (C=O) groups excluding carboxylic acids is 1. The predicted molar refractivity (Wildman–Crippen MR) is 111 cm³/mol. The second-order valence-electron chi connectivity index (χ2n) is 6.94. The number of hydrogen-bond donors (Lipinski definition) is 1. The molecule has 1 aliphatic heterocycles. The van der Waals surface area contributed by atoms with Gasteiger partial charge in [-0.05, 0) is 55.0 Å². The van der Waals surface area contributed by atoms with Crippen LogP contribution in [0.2, 0.25) is 0 Å². The molecule has 1 aliphatic rings. The number of halogens is 1. The van der Waals surface area contributed by atoms with Crippen molar-refractivity contribution in [1.82, 2.24) is 9.62 Å². The zero-order valence-electron chi connectivity index (χ0n) is 16.4. The summed E-state index contributed by atoms with van der Waals surface area (Å²) in [5, 5.41) is 8.52. The Morgan fingerprint density at radius 2 is 1.73 bits per heavy atom. The Balaban J connectivity index is 1.63. The van der Waals surface area contributed by atoms with Gasteiger partial charge in [0, 0.05) is 50.4 Å². The molecule has 158 valence electrons. The number of nitrogens with zero attached hydrogens (tertiary/aromatic N) is 3. The van der Waals surface area contributed by atoms with Crippen molar-refractivity contribution in [3.63, 3.8) is 0 Å². The number of nitriles is 1. The molecule has 2 aromatic rings. The molecule has 0 spiro atoms. The topological polar surface area (TPSA) is 93.5 Å². The highest BCUT2D eigenvalue weighted by Gasteiger charge is 2.21. The van der Waals surface area contributed by atoms with E-state index in [1.54, 1.807) is 17.0 Å². The van der Waals surface area contributed by atoms with E-state index < -0.39 is 10.0 Å². The van der Waals surface area contributed by atoms with Gasteiger partial charge in [0.2, 0.25) is 10.0 Å². The van der Waals surface area contributed by atoms with Crippen LogP contribution in [0.1, 0.15) is 23.2 Å². The highest BCUT2D eigenvalue weighted by Crippen LogP contribution is 2.18. The van der Waals surface area contributed by atoms with Crippen LogP contribution >= 0.6 is 0 Å². The van der Waals surface area contributed by atoms with Gasteiger partial charge in [-0.1, -0.05) is 0 Å². The molecule has 1 saturated heterocycles. The Morgan fingerprint density at radius 1 is 1.03 bits per heavy atom. The molecule has 1 heterocycles. The molecule has 0 unspecified atom stereocenters. The molecule has 1 N–H and O–H groups in total. The molecule has 0 aliphatic carbocycles. The minimum Gasteiger partial charge on any atom is -0.370 e. The lowest BCUT2D eigenvalue weighted by molar-refractivity contribution is 0.0767. The number of hydrogen-bond acceptors (Lipinski definition) is 5. The van der Waals surface area contributed by atoms with Crippen LogP contribution in [0.5, 0.6) is 0 Å². The van der Waals surface area contributed by atoms with E-state index in [1.807, 2.05) is 6.07 Å². The van der Waals surface area contributed by atoms with Gasteiger partial charge in [0.15, 0.2) is 0 Å². The number of anilines is 1. The SMILES string of the molecule is N#CCCNS(=O)(=O)c1ccc(C(=O)N2CCCN(c3ccc(F)cc3)CC2)cc1. The molecular weight excluding hydrogens is 407 g/mol. The van der Waals surface area contributed by atoms with Gasteiger partial charge in [0.05, 0.1) is 11.0 Å². The molecule has 3 rings (SSSR count). The first-order chi connectivity index (χ1) is 14.4. The Morgan fingerprint density at radius 3 is 2.40 bits per heavy atom. The van der Waals surface area contributed by atoms with Crippen molar-refractivity contribution in [2.75, 3.05) is 37.6 Å². The quantitative estimate of drug-likeness (QED) is 0.710.